The van der Waals surface area contributed by atoms with Crippen molar-refractivity contribution in [2.24, 2.45) is 0 Å². The van der Waals surface area contributed by atoms with Gasteiger partial charge in [0.25, 0.3) is 0 Å². The number of benzene rings is 1. The molecule has 100 valence electrons. The zero-order chi connectivity index (χ0) is 13.7. The predicted molar refractivity (Wildman–Crippen MR) is 77.7 cm³/mol. The van der Waals surface area contributed by atoms with Gasteiger partial charge in [0, 0.05) is 12.0 Å². The van der Waals surface area contributed by atoms with Crippen LogP contribution in [0.25, 0.3) is 0 Å². The van der Waals surface area contributed by atoms with Crippen LogP contribution in [0.2, 0.25) is 0 Å². The zero-order valence-electron chi connectivity index (χ0n) is 11.7. The maximum atomic E-state index is 5.48. The van der Waals surface area contributed by atoms with E-state index in [2.05, 4.69) is 56.1 Å². The van der Waals surface area contributed by atoms with Crippen molar-refractivity contribution in [2.75, 3.05) is 0 Å². The van der Waals surface area contributed by atoms with Crippen molar-refractivity contribution in [3.63, 3.8) is 0 Å². The molecule has 0 aliphatic carbocycles. The van der Waals surface area contributed by atoms with E-state index >= 15 is 0 Å². The van der Waals surface area contributed by atoms with Crippen LogP contribution in [0.5, 0.6) is 0 Å². The molecule has 0 amide bonds. The molecule has 2 aromatic rings. The van der Waals surface area contributed by atoms with Crippen molar-refractivity contribution in [1.82, 2.24) is 0 Å². The minimum absolute atomic E-state index is 0.305. The number of hydrogen-bond acceptors (Lipinski definition) is 1. The highest BCUT2D eigenvalue weighted by Crippen LogP contribution is 2.18. The largest absolute Gasteiger partial charge is 0.463 e. The molecular formula is C17H22NO+. The Morgan fingerprint density at radius 3 is 2.53 bits per heavy atom. The molecule has 0 unspecified atom stereocenters. The third kappa shape index (κ3) is 3.83. The first-order valence-electron chi connectivity index (χ1n) is 6.74. The lowest BCUT2D eigenvalue weighted by Gasteiger charge is -2.19. The van der Waals surface area contributed by atoms with E-state index in [1.807, 2.05) is 12.1 Å². The standard InChI is InChI=1S/C17H21NO/c1-13(2)12-16(15-8-5-4-6-9-15)18-14(3)17-10-7-11-19-17/h4-11,14,16,18H,1,12H2,2-3H3/p+1/t14-,16-/m0/s1. The Hall–Kier alpha value is -1.80. The molecule has 0 saturated heterocycles. The van der Waals surface area contributed by atoms with Gasteiger partial charge in [0.15, 0.2) is 5.76 Å². The van der Waals surface area contributed by atoms with E-state index in [1.165, 1.54) is 11.1 Å². The molecule has 1 aromatic carbocycles. The Bertz CT molecular complexity index is 501. The third-order valence-electron chi connectivity index (χ3n) is 3.31. The molecule has 0 bridgehead atoms. The number of quaternary nitrogens is 1. The van der Waals surface area contributed by atoms with Crippen LogP contribution in [0.1, 0.15) is 43.7 Å². The Morgan fingerprint density at radius 1 is 1.21 bits per heavy atom. The van der Waals surface area contributed by atoms with Gasteiger partial charge < -0.3 is 9.73 Å². The van der Waals surface area contributed by atoms with Gasteiger partial charge in [-0.25, -0.2) is 0 Å². The van der Waals surface area contributed by atoms with Crippen LogP contribution in [-0.2, 0) is 0 Å². The Morgan fingerprint density at radius 2 is 1.95 bits per heavy atom. The molecule has 2 atom stereocenters. The van der Waals surface area contributed by atoms with Crippen LogP contribution < -0.4 is 5.32 Å². The molecule has 1 aromatic heterocycles. The van der Waals surface area contributed by atoms with Gasteiger partial charge in [-0.05, 0) is 26.0 Å². The smallest absolute Gasteiger partial charge is 0.160 e. The fourth-order valence-corrected chi connectivity index (χ4v) is 2.37. The molecule has 2 heteroatoms. The Labute approximate surface area is 115 Å². The summed E-state index contributed by atoms with van der Waals surface area (Å²) in [6, 6.07) is 15.3. The molecule has 0 aliphatic rings. The van der Waals surface area contributed by atoms with Crippen LogP contribution in [-0.4, -0.2) is 0 Å². The van der Waals surface area contributed by atoms with Crippen LogP contribution in [0.3, 0.4) is 0 Å². The maximum Gasteiger partial charge on any atom is 0.160 e. The molecule has 2 rings (SSSR count). The molecule has 0 fully saturated rings. The van der Waals surface area contributed by atoms with Crippen molar-refractivity contribution in [2.45, 2.75) is 32.4 Å². The molecule has 2 N–H and O–H groups in total. The van der Waals surface area contributed by atoms with Crippen LogP contribution in [0, 0.1) is 0 Å². The fourth-order valence-electron chi connectivity index (χ4n) is 2.37. The van der Waals surface area contributed by atoms with Gasteiger partial charge in [0.05, 0.1) is 6.26 Å². The Balaban J connectivity index is 2.12. The summed E-state index contributed by atoms with van der Waals surface area (Å²) in [7, 11) is 0. The molecule has 19 heavy (non-hydrogen) atoms. The molecule has 0 saturated carbocycles. The molecular weight excluding hydrogens is 234 g/mol. The van der Waals surface area contributed by atoms with Crippen molar-refractivity contribution < 1.29 is 9.73 Å². The van der Waals surface area contributed by atoms with Gasteiger partial charge in [-0.2, -0.15) is 0 Å². The summed E-state index contributed by atoms with van der Waals surface area (Å²) in [5, 5.41) is 2.35. The summed E-state index contributed by atoms with van der Waals surface area (Å²) >= 11 is 0. The topological polar surface area (TPSA) is 29.8 Å². The number of rotatable bonds is 6. The van der Waals surface area contributed by atoms with Gasteiger partial charge in [0.1, 0.15) is 12.1 Å². The number of hydrogen-bond donors (Lipinski definition) is 1. The van der Waals surface area contributed by atoms with E-state index in [9.17, 15) is 0 Å². The lowest BCUT2D eigenvalue weighted by molar-refractivity contribution is -0.732. The SMILES string of the molecule is C=C(C)C[C@H]([NH2+][C@@H](C)c1ccco1)c1ccccc1. The first-order chi connectivity index (χ1) is 9.16. The van der Waals surface area contributed by atoms with E-state index in [-0.39, 0.29) is 0 Å². The Kier molecular flexibility index (Phi) is 4.58. The summed E-state index contributed by atoms with van der Waals surface area (Å²) in [5.41, 5.74) is 2.54. The summed E-state index contributed by atoms with van der Waals surface area (Å²) in [4.78, 5) is 0. The van der Waals surface area contributed by atoms with Crippen molar-refractivity contribution >= 4 is 0 Å². The van der Waals surface area contributed by atoms with Gasteiger partial charge in [-0.15, -0.1) is 0 Å². The third-order valence-corrected chi connectivity index (χ3v) is 3.31. The first kappa shape index (κ1) is 13.6. The second kappa shape index (κ2) is 6.39. The summed E-state index contributed by atoms with van der Waals surface area (Å²) in [6.07, 6.45) is 2.71. The predicted octanol–water partition coefficient (Wildman–Crippen LogP) is 3.61. The molecule has 1 heterocycles. The van der Waals surface area contributed by atoms with Gasteiger partial charge in [-0.3, -0.25) is 0 Å². The minimum Gasteiger partial charge on any atom is -0.463 e. The van der Waals surface area contributed by atoms with Crippen LogP contribution in [0.4, 0.5) is 0 Å². The zero-order valence-corrected chi connectivity index (χ0v) is 11.7. The lowest BCUT2D eigenvalue weighted by atomic mass is 9.99. The van der Waals surface area contributed by atoms with E-state index in [0.717, 1.165) is 12.2 Å². The molecule has 0 spiro atoms. The summed E-state index contributed by atoms with van der Waals surface area (Å²) in [6.45, 7) is 8.31. The molecule has 2 nitrogen and oxygen atoms in total. The minimum atomic E-state index is 0.305. The van der Waals surface area contributed by atoms with Crippen LogP contribution >= 0.6 is 0 Å². The van der Waals surface area contributed by atoms with E-state index in [1.54, 1.807) is 6.26 Å². The highest BCUT2D eigenvalue weighted by molar-refractivity contribution is 5.18. The van der Waals surface area contributed by atoms with Crippen LogP contribution in [0.15, 0.2) is 65.3 Å². The van der Waals surface area contributed by atoms with Crippen molar-refractivity contribution in [1.29, 1.82) is 0 Å². The highest BCUT2D eigenvalue weighted by Gasteiger charge is 2.20. The summed E-state index contributed by atoms with van der Waals surface area (Å²) in [5.74, 6) is 1.02. The summed E-state index contributed by atoms with van der Waals surface area (Å²) < 4.78 is 5.48. The molecule has 0 radical (unpaired) electrons. The van der Waals surface area contributed by atoms with Gasteiger partial charge >= 0.3 is 0 Å². The average molecular weight is 256 g/mol. The highest BCUT2D eigenvalue weighted by atomic mass is 16.3. The second-order valence-electron chi connectivity index (χ2n) is 5.17. The normalized spacial score (nSPS) is 14.0. The van der Waals surface area contributed by atoms with E-state index < -0.39 is 0 Å². The van der Waals surface area contributed by atoms with Crippen molar-refractivity contribution in [3.05, 3.63) is 72.2 Å². The van der Waals surface area contributed by atoms with Gasteiger partial charge in [0.2, 0.25) is 0 Å². The van der Waals surface area contributed by atoms with E-state index in [0.29, 0.717) is 12.1 Å². The average Bonchev–Trinajstić information content (AvgIpc) is 2.92. The fraction of sp³-hybridized carbons (Fsp3) is 0.294. The van der Waals surface area contributed by atoms with E-state index in [4.69, 9.17) is 4.42 Å². The quantitative estimate of drug-likeness (QED) is 0.786. The number of nitrogens with two attached hydrogens (primary N) is 1. The monoisotopic (exact) mass is 256 g/mol. The lowest BCUT2D eigenvalue weighted by Crippen LogP contribution is -2.85. The second-order valence-corrected chi connectivity index (χ2v) is 5.17. The first-order valence-corrected chi connectivity index (χ1v) is 6.74. The van der Waals surface area contributed by atoms with Gasteiger partial charge in [-0.1, -0.05) is 42.5 Å². The maximum absolute atomic E-state index is 5.48. The molecule has 0 aliphatic heterocycles. The van der Waals surface area contributed by atoms with Crippen molar-refractivity contribution in [3.8, 4) is 0 Å². The number of furan rings is 1.